The maximum Gasteiger partial charge on any atom is 0.264 e. The van der Waals surface area contributed by atoms with Crippen LogP contribution in [0.3, 0.4) is 0 Å². The van der Waals surface area contributed by atoms with Crippen molar-refractivity contribution in [3.63, 3.8) is 0 Å². The fourth-order valence-electron chi connectivity index (χ4n) is 3.86. The van der Waals surface area contributed by atoms with E-state index in [1.807, 2.05) is 44.2 Å². The minimum Gasteiger partial charge on any atom is -0.352 e. The van der Waals surface area contributed by atoms with Gasteiger partial charge in [0.05, 0.1) is 10.6 Å². The number of para-hydroxylation sites is 1. The second-order valence-electron chi connectivity index (χ2n) is 9.10. The molecule has 0 heterocycles. The van der Waals surface area contributed by atoms with Crippen LogP contribution in [0.15, 0.2) is 83.8 Å². The van der Waals surface area contributed by atoms with Crippen molar-refractivity contribution >= 4 is 39.1 Å². The standard InChI is InChI=1S/C28H32ClN3O4S/c1-20(2)30-28(34)22(4)31(18-23-11-6-5-7-12-23)27(33)19-32(26-13-9-8-10-21(26)3)37(35,36)25-16-14-24(29)15-17-25/h5-17,20,22H,18-19H2,1-4H3,(H,30,34). The second kappa shape index (κ2) is 12.3. The number of nitrogens with one attached hydrogen (secondary N) is 1. The van der Waals surface area contributed by atoms with Gasteiger partial charge < -0.3 is 10.2 Å². The van der Waals surface area contributed by atoms with Crippen molar-refractivity contribution in [3.8, 4) is 0 Å². The number of amides is 2. The molecule has 3 rings (SSSR count). The van der Waals surface area contributed by atoms with Crippen LogP contribution in [-0.4, -0.2) is 43.8 Å². The molecule has 0 aliphatic carbocycles. The van der Waals surface area contributed by atoms with Crippen LogP contribution in [0.4, 0.5) is 5.69 Å². The molecule has 0 aliphatic rings. The molecular weight excluding hydrogens is 510 g/mol. The van der Waals surface area contributed by atoms with Gasteiger partial charge in [-0.2, -0.15) is 0 Å². The van der Waals surface area contributed by atoms with Crippen LogP contribution in [0.5, 0.6) is 0 Å². The first-order valence-electron chi connectivity index (χ1n) is 12.0. The van der Waals surface area contributed by atoms with Gasteiger partial charge in [-0.1, -0.05) is 60.1 Å². The molecular formula is C28H32ClN3O4S. The SMILES string of the molecule is Cc1ccccc1N(CC(=O)N(Cc1ccccc1)C(C)C(=O)NC(C)C)S(=O)(=O)c1ccc(Cl)cc1. The van der Waals surface area contributed by atoms with Crippen LogP contribution in [0.2, 0.25) is 5.02 Å². The molecule has 0 aliphatic heterocycles. The van der Waals surface area contributed by atoms with Gasteiger partial charge in [-0.15, -0.1) is 0 Å². The Morgan fingerprint density at radius 1 is 0.892 bits per heavy atom. The molecule has 1 atom stereocenters. The van der Waals surface area contributed by atoms with E-state index in [0.29, 0.717) is 16.3 Å². The first-order valence-corrected chi connectivity index (χ1v) is 13.8. The van der Waals surface area contributed by atoms with Gasteiger partial charge in [0.15, 0.2) is 0 Å². The van der Waals surface area contributed by atoms with E-state index in [0.717, 1.165) is 9.87 Å². The fourth-order valence-corrected chi connectivity index (χ4v) is 5.46. The predicted octanol–water partition coefficient (Wildman–Crippen LogP) is 4.79. The van der Waals surface area contributed by atoms with Crippen molar-refractivity contribution in [2.45, 2.75) is 51.2 Å². The van der Waals surface area contributed by atoms with Crippen LogP contribution in [-0.2, 0) is 26.2 Å². The topological polar surface area (TPSA) is 86.8 Å². The highest BCUT2D eigenvalue weighted by molar-refractivity contribution is 7.92. The molecule has 0 aromatic heterocycles. The molecule has 1 unspecified atom stereocenters. The summed E-state index contributed by atoms with van der Waals surface area (Å²) in [4.78, 5) is 28.1. The third kappa shape index (κ3) is 7.11. The molecule has 7 nitrogen and oxygen atoms in total. The van der Waals surface area contributed by atoms with E-state index in [-0.39, 0.29) is 23.4 Å². The molecule has 37 heavy (non-hydrogen) atoms. The Morgan fingerprint density at radius 2 is 1.49 bits per heavy atom. The minimum absolute atomic E-state index is 0.00756. The largest absolute Gasteiger partial charge is 0.352 e. The van der Waals surface area contributed by atoms with Crippen molar-refractivity contribution in [1.29, 1.82) is 0 Å². The summed E-state index contributed by atoms with van der Waals surface area (Å²) >= 11 is 5.98. The molecule has 3 aromatic rings. The molecule has 9 heteroatoms. The zero-order valence-electron chi connectivity index (χ0n) is 21.4. The molecule has 0 radical (unpaired) electrons. The molecule has 2 amide bonds. The van der Waals surface area contributed by atoms with Gasteiger partial charge >= 0.3 is 0 Å². The highest BCUT2D eigenvalue weighted by Gasteiger charge is 2.33. The van der Waals surface area contributed by atoms with Crippen LogP contribution < -0.4 is 9.62 Å². The normalized spacial score (nSPS) is 12.2. The number of carbonyl (C=O) groups excluding carboxylic acids is 2. The van der Waals surface area contributed by atoms with E-state index in [9.17, 15) is 18.0 Å². The molecule has 0 bridgehead atoms. The molecule has 0 saturated carbocycles. The van der Waals surface area contributed by atoms with E-state index in [2.05, 4.69) is 5.32 Å². The van der Waals surface area contributed by atoms with E-state index in [1.54, 1.807) is 38.1 Å². The number of aryl methyl sites for hydroxylation is 1. The Labute approximate surface area is 224 Å². The fraction of sp³-hybridized carbons (Fsp3) is 0.286. The molecule has 0 saturated heterocycles. The Kier molecular flexibility index (Phi) is 9.34. The third-order valence-electron chi connectivity index (χ3n) is 5.86. The number of rotatable bonds is 10. The van der Waals surface area contributed by atoms with Crippen molar-refractivity contribution in [1.82, 2.24) is 10.2 Å². The number of carbonyl (C=O) groups is 2. The lowest BCUT2D eigenvalue weighted by Crippen LogP contribution is -2.52. The van der Waals surface area contributed by atoms with Crippen LogP contribution >= 0.6 is 11.6 Å². The summed E-state index contributed by atoms with van der Waals surface area (Å²) in [6.07, 6.45) is 0. The average Bonchev–Trinajstić information content (AvgIpc) is 2.86. The van der Waals surface area contributed by atoms with Gasteiger partial charge in [-0.25, -0.2) is 8.42 Å². The highest BCUT2D eigenvalue weighted by Crippen LogP contribution is 2.28. The summed E-state index contributed by atoms with van der Waals surface area (Å²) in [7, 11) is -4.13. The summed E-state index contributed by atoms with van der Waals surface area (Å²) in [5.41, 5.74) is 1.89. The number of benzene rings is 3. The van der Waals surface area contributed by atoms with E-state index in [4.69, 9.17) is 11.6 Å². The molecule has 0 fully saturated rings. The maximum atomic E-state index is 13.8. The first-order chi connectivity index (χ1) is 17.5. The van der Waals surface area contributed by atoms with Crippen LogP contribution in [0.1, 0.15) is 31.9 Å². The van der Waals surface area contributed by atoms with Crippen molar-refractivity contribution in [3.05, 3.63) is 95.0 Å². The van der Waals surface area contributed by atoms with Gasteiger partial charge in [0.25, 0.3) is 10.0 Å². The van der Waals surface area contributed by atoms with Gasteiger partial charge in [0, 0.05) is 17.6 Å². The lowest BCUT2D eigenvalue weighted by molar-refractivity contribution is -0.139. The third-order valence-corrected chi connectivity index (χ3v) is 7.88. The smallest absolute Gasteiger partial charge is 0.264 e. The minimum atomic E-state index is -4.13. The van der Waals surface area contributed by atoms with Crippen LogP contribution in [0, 0.1) is 6.92 Å². The lowest BCUT2D eigenvalue weighted by Gasteiger charge is -2.32. The van der Waals surface area contributed by atoms with Crippen molar-refractivity contribution < 1.29 is 18.0 Å². The monoisotopic (exact) mass is 541 g/mol. The quantitative estimate of drug-likeness (QED) is 0.400. The summed E-state index contributed by atoms with van der Waals surface area (Å²) in [6, 6.07) is 21.1. The van der Waals surface area contributed by atoms with Gasteiger partial charge in [-0.05, 0) is 69.2 Å². The summed E-state index contributed by atoms with van der Waals surface area (Å²) in [5.74, 6) is -0.821. The molecule has 1 N–H and O–H groups in total. The highest BCUT2D eigenvalue weighted by atomic mass is 35.5. The zero-order chi connectivity index (χ0) is 27.2. The van der Waals surface area contributed by atoms with E-state index >= 15 is 0 Å². The molecule has 3 aromatic carbocycles. The number of hydrogen-bond donors (Lipinski definition) is 1. The second-order valence-corrected chi connectivity index (χ2v) is 11.4. The summed E-state index contributed by atoms with van der Waals surface area (Å²) in [5, 5.41) is 3.24. The summed E-state index contributed by atoms with van der Waals surface area (Å²) < 4.78 is 28.7. The number of halogens is 1. The number of anilines is 1. The van der Waals surface area contributed by atoms with E-state index in [1.165, 1.54) is 29.2 Å². The number of nitrogens with zero attached hydrogens (tertiary/aromatic N) is 2. The van der Waals surface area contributed by atoms with Crippen molar-refractivity contribution in [2.75, 3.05) is 10.8 Å². The maximum absolute atomic E-state index is 13.8. The Balaban J connectivity index is 2.03. The lowest BCUT2D eigenvalue weighted by atomic mass is 10.1. The Hall–Kier alpha value is -3.36. The predicted molar refractivity (Wildman–Crippen MR) is 147 cm³/mol. The number of sulfonamides is 1. The average molecular weight is 542 g/mol. The van der Waals surface area contributed by atoms with Crippen molar-refractivity contribution in [2.24, 2.45) is 0 Å². The van der Waals surface area contributed by atoms with E-state index < -0.39 is 28.5 Å². The Bertz CT molecular complexity index is 1330. The van der Waals surface area contributed by atoms with Crippen LogP contribution in [0.25, 0.3) is 0 Å². The zero-order valence-corrected chi connectivity index (χ0v) is 23.0. The number of hydrogen-bond acceptors (Lipinski definition) is 4. The van der Waals surface area contributed by atoms with Gasteiger partial charge in [0.2, 0.25) is 11.8 Å². The van der Waals surface area contributed by atoms with Gasteiger partial charge in [0.1, 0.15) is 12.6 Å². The van der Waals surface area contributed by atoms with Gasteiger partial charge in [-0.3, -0.25) is 13.9 Å². The Morgan fingerprint density at radius 3 is 2.08 bits per heavy atom. The summed E-state index contributed by atoms with van der Waals surface area (Å²) in [6.45, 7) is 6.77. The molecule has 0 spiro atoms. The molecule has 196 valence electrons. The first kappa shape index (κ1) is 28.2.